The number of benzene rings is 1. The van der Waals surface area contributed by atoms with Crippen molar-refractivity contribution in [2.24, 2.45) is 0 Å². The Labute approximate surface area is 101 Å². The van der Waals surface area contributed by atoms with Gasteiger partial charge in [-0.2, -0.15) is 0 Å². The third-order valence-corrected chi connectivity index (χ3v) is 2.26. The van der Waals surface area contributed by atoms with Crippen LogP contribution < -0.4 is 5.32 Å². The lowest BCUT2D eigenvalue weighted by atomic mass is 10.1. The zero-order chi connectivity index (χ0) is 12.7. The molecule has 0 unspecified atom stereocenters. The maximum absolute atomic E-state index is 12.4. The second kappa shape index (κ2) is 7.35. The molecule has 1 rings (SSSR count). The molecule has 0 spiro atoms. The lowest BCUT2D eigenvalue weighted by Gasteiger charge is -2.09. The highest BCUT2D eigenvalue weighted by Crippen LogP contribution is 2.19. The van der Waals surface area contributed by atoms with Gasteiger partial charge in [0.05, 0.1) is 12.7 Å². The number of nitrogens with one attached hydrogen (secondary N) is 1. The van der Waals surface area contributed by atoms with Crippen molar-refractivity contribution in [2.45, 2.75) is 32.9 Å². The van der Waals surface area contributed by atoms with Crippen LogP contribution in [0.4, 0.5) is 8.78 Å². The highest BCUT2D eigenvalue weighted by molar-refractivity contribution is 5.24. The highest BCUT2D eigenvalue weighted by atomic mass is 19.3. The minimum absolute atomic E-state index is 0.0720. The number of alkyl halides is 2. The van der Waals surface area contributed by atoms with Gasteiger partial charge in [0.15, 0.2) is 0 Å². The van der Waals surface area contributed by atoms with Crippen molar-refractivity contribution in [3.05, 3.63) is 35.4 Å². The molecule has 4 heteroatoms. The summed E-state index contributed by atoms with van der Waals surface area (Å²) in [4.78, 5) is 0. The Morgan fingerprint density at radius 3 is 2.71 bits per heavy atom. The van der Waals surface area contributed by atoms with Crippen LogP contribution in [0.1, 0.15) is 31.4 Å². The van der Waals surface area contributed by atoms with Crippen molar-refractivity contribution in [1.82, 2.24) is 5.32 Å². The van der Waals surface area contributed by atoms with Gasteiger partial charge in [-0.25, -0.2) is 8.78 Å². The van der Waals surface area contributed by atoms with E-state index >= 15 is 0 Å². The van der Waals surface area contributed by atoms with Gasteiger partial charge in [0.25, 0.3) is 6.43 Å². The van der Waals surface area contributed by atoms with Crippen molar-refractivity contribution in [3.8, 4) is 0 Å². The largest absolute Gasteiger partial charge is 0.377 e. The van der Waals surface area contributed by atoms with Gasteiger partial charge in [0.1, 0.15) is 0 Å². The maximum atomic E-state index is 12.4. The molecule has 0 fully saturated rings. The zero-order valence-corrected chi connectivity index (χ0v) is 10.2. The fourth-order valence-electron chi connectivity index (χ4n) is 1.44. The molecule has 1 aromatic carbocycles. The maximum Gasteiger partial charge on any atom is 0.263 e. The SMILES string of the molecule is CC(C)OCCNCc1cccc(C(F)F)c1. The van der Waals surface area contributed by atoms with E-state index in [0.29, 0.717) is 13.2 Å². The van der Waals surface area contributed by atoms with E-state index in [0.717, 1.165) is 12.1 Å². The Balaban J connectivity index is 2.29. The average Bonchev–Trinajstić information content (AvgIpc) is 2.28. The number of halogens is 2. The smallest absolute Gasteiger partial charge is 0.263 e. The van der Waals surface area contributed by atoms with Crippen LogP contribution in [0.25, 0.3) is 0 Å². The summed E-state index contributed by atoms with van der Waals surface area (Å²) >= 11 is 0. The fourth-order valence-corrected chi connectivity index (χ4v) is 1.44. The molecule has 0 atom stereocenters. The van der Waals surface area contributed by atoms with Gasteiger partial charge in [0.2, 0.25) is 0 Å². The van der Waals surface area contributed by atoms with Gasteiger partial charge >= 0.3 is 0 Å². The molecule has 96 valence electrons. The van der Waals surface area contributed by atoms with E-state index in [9.17, 15) is 8.78 Å². The highest BCUT2D eigenvalue weighted by Gasteiger charge is 2.06. The van der Waals surface area contributed by atoms with Gasteiger partial charge in [-0.3, -0.25) is 0 Å². The number of hydrogen-bond donors (Lipinski definition) is 1. The summed E-state index contributed by atoms with van der Waals surface area (Å²) in [5.74, 6) is 0. The molecule has 0 aromatic heterocycles. The summed E-state index contributed by atoms with van der Waals surface area (Å²) in [6.45, 7) is 5.89. The van der Waals surface area contributed by atoms with Crippen molar-refractivity contribution in [1.29, 1.82) is 0 Å². The topological polar surface area (TPSA) is 21.3 Å². The van der Waals surface area contributed by atoms with Crippen LogP contribution in [-0.4, -0.2) is 19.3 Å². The number of ether oxygens (including phenoxy) is 1. The van der Waals surface area contributed by atoms with E-state index in [1.54, 1.807) is 6.07 Å². The van der Waals surface area contributed by atoms with Gasteiger partial charge in [-0.15, -0.1) is 0 Å². The van der Waals surface area contributed by atoms with Crippen molar-refractivity contribution in [3.63, 3.8) is 0 Å². The first-order valence-corrected chi connectivity index (χ1v) is 5.79. The van der Waals surface area contributed by atoms with Gasteiger partial charge in [-0.05, 0) is 25.5 Å². The first-order valence-electron chi connectivity index (χ1n) is 5.79. The van der Waals surface area contributed by atoms with Crippen molar-refractivity contribution >= 4 is 0 Å². The van der Waals surface area contributed by atoms with Crippen LogP contribution in [0.5, 0.6) is 0 Å². The van der Waals surface area contributed by atoms with Crippen LogP contribution in [0, 0.1) is 0 Å². The molecular formula is C13H19F2NO. The summed E-state index contributed by atoms with van der Waals surface area (Å²) in [5, 5.41) is 3.15. The Bertz CT molecular complexity index is 329. The molecule has 0 radical (unpaired) electrons. The molecule has 0 aliphatic heterocycles. The predicted octanol–water partition coefficient (Wildman–Crippen LogP) is 3.14. The molecule has 0 aliphatic carbocycles. The summed E-state index contributed by atoms with van der Waals surface area (Å²) in [6, 6.07) is 6.46. The van der Waals surface area contributed by atoms with Gasteiger partial charge in [0, 0.05) is 18.7 Å². The van der Waals surface area contributed by atoms with Crippen LogP contribution in [0.15, 0.2) is 24.3 Å². The minimum atomic E-state index is -2.40. The molecular weight excluding hydrogens is 224 g/mol. The monoisotopic (exact) mass is 243 g/mol. The average molecular weight is 243 g/mol. The molecule has 0 heterocycles. The molecule has 0 bridgehead atoms. The molecule has 17 heavy (non-hydrogen) atoms. The molecule has 0 saturated carbocycles. The quantitative estimate of drug-likeness (QED) is 0.743. The lowest BCUT2D eigenvalue weighted by Crippen LogP contribution is -2.21. The van der Waals surface area contributed by atoms with E-state index in [-0.39, 0.29) is 11.7 Å². The Morgan fingerprint density at radius 2 is 2.06 bits per heavy atom. The van der Waals surface area contributed by atoms with Crippen molar-refractivity contribution in [2.75, 3.05) is 13.2 Å². The molecule has 1 aromatic rings. The summed E-state index contributed by atoms with van der Waals surface area (Å²) in [7, 11) is 0. The normalized spacial score (nSPS) is 11.4. The zero-order valence-electron chi connectivity index (χ0n) is 10.2. The number of hydrogen-bond acceptors (Lipinski definition) is 2. The summed E-state index contributed by atoms with van der Waals surface area (Å²) in [5.41, 5.74) is 0.940. The third-order valence-electron chi connectivity index (χ3n) is 2.26. The molecule has 0 aliphatic rings. The van der Waals surface area contributed by atoms with Gasteiger partial charge < -0.3 is 10.1 Å². The van der Waals surface area contributed by atoms with Crippen molar-refractivity contribution < 1.29 is 13.5 Å². The van der Waals surface area contributed by atoms with Crippen LogP contribution >= 0.6 is 0 Å². The molecule has 0 saturated heterocycles. The second-order valence-electron chi connectivity index (χ2n) is 4.14. The van der Waals surface area contributed by atoms with E-state index in [4.69, 9.17) is 4.74 Å². The predicted molar refractivity (Wildman–Crippen MR) is 64.2 cm³/mol. The first-order chi connectivity index (χ1) is 8.09. The third kappa shape index (κ3) is 5.75. The Hall–Kier alpha value is -1.00. The summed E-state index contributed by atoms with van der Waals surface area (Å²) in [6.07, 6.45) is -2.18. The van der Waals surface area contributed by atoms with Crippen LogP contribution in [0.3, 0.4) is 0 Å². The molecule has 2 nitrogen and oxygen atoms in total. The second-order valence-corrected chi connectivity index (χ2v) is 4.14. The van der Waals surface area contributed by atoms with E-state index in [1.807, 2.05) is 19.9 Å². The Morgan fingerprint density at radius 1 is 1.29 bits per heavy atom. The van der Waals surface area contributed by atoms with Gasteiger partial charge in [-0.1, -0.05) is 18.2 Å². The van der Waals surface area contributed by atoms with E-state index < -0.39 is 6.43 Å². The van der Waals surface area contributed by atoms with E-state index in [1.165, 1.54) is 12.1 Å². The Kier molecular flexibility index (Phi) is 6.08. The number of rotatable bonds is 7. The standard InChI is InChI=1S/C13H19F2NO/c1-10(2)17-7-6-16-9-11-4-3-5-12(8-11)13(14)15/h3-5,8,10,13,16H,6-7,9H2,1-2H3. The molecule has 1 N–H and O–H groups in total. The lowest BCUT2D eigenvalue weighted by molar-refractivity contribution is 0.0807. The van der Waals surface area contributed by atoms with Crippen LogP contribution in [0.2, 0.25) is 0 Å². The fraction of sp³-hybridized carbons (Fsp3) is 0.538. The first kappa shape index (κ1) is 14.1. The molecule has 0 amide bonds. The van der Waals surface area contributed by atoms with Crippen LogP contribution in [-0.2, 0) is 11.3 Å². The van der Waals surface area contributed by atoms with E-state index in [2.05, 4.69) is 5.32 Å². The summed E-state index contributed by atoms with van der Waals surface area (Å²) < 4.78 is 30.2. The minimum Gasteiger partial charge on any atom is -0.377 e.